The number of anilines is 1. The van der Waals surface area contributed by atoms with Crippen molar-refractivity contribution in [3.63, 3.8) is 0 Å². The summed E-state index contributed by atoms with van der Waals surface area (Å²) >= 11 is 0. The number of carbonyl (C=O) groups is 1. The molecule has 5 heteroatoms. The summed E-state index contributed by atoms with van der Waals surface area (Å²) in [5, 5.41) is 2.83. The third-order valence-corrected chi connectivity index (χ3v) is 3.28. The molecule has 0 heterocycles. The second-order valence-electron chi connectivity index (χ2n) is 4.74. The molecule has 2 aromatic carbocycles. The molecule has 0 aliphatic heterocycles. The Labute approximate surface area is 129 Å². The smallest absolute Gasteiger partial charge is 0.255 e. The maximum Gasteiger partial charge on any atom is 0.255 e. The molecular formula is C17H19NO4. The molecular weight excluding hydrogens is 282 g/mol. The van der Waals surface area contributed by atoms with Gasteiger partial charge in [-0.05, 0) is 30.7 Å². The molecule has 0 atom stereocenters. The summed E-state index contributed by atoms with van der Waals surface area (Å²) in [4.78, 5) is 12.4. The van der Waals surface area contributed by atoms with E-state index in [0.29, 0.717) is 22.7 Å². The Morgan fingerprint density at radius 3 is 2.09 bits per heavy atom. The Morgan fingerprint density at radius 1 is 0.909 bits per heavy atom. The summed E-state index contributed by atoms with van der Waals surface area (Å²) < 4.78 is 15.6. The molecule has 0 radical (unpaired) electrons. The van der Waals surface area contributed by atoms with Crippen molar-refractivity contribution in [3.05, 3.63) is 47.5 Å². The Hall–Kier alpha value is -2.69. The van der Waals surface area contributed by atoms with Gasteiger partial charge in [-0.15, -0.1) is 0 Å². The highest BCUT2D eigenvalue weighted by atomic mass is 16.5. The van der Waals surface area contributed by atoms with Gasteiger partial charge in [-0.1, -0.05) is 6.07 Å². The van der Waals surface area contributed by atoms with Crippen LogP contribution in [0.5, 0.6) is 17.2 Å². The fourth-order valence-electron chi connectivity index (χ4n) is 2.04. The normalized spacial score (nSPS) is 10.0. The van der Waals surface area contributed by atoms with Gasteiger partial charge >= 0.3 is 0 Å². The second kappa shape index (κ2) is 6.85. The molecule has 5 nitrogen and oxygen atoms in total. The number of hydrogen-bond acceptors (Lipinski definition) is 4. The lowest BCUT2D eigenvalue weighted by Crippen LogP contribution is -2.12. The van der Waals surface area contributed by atoms with Gasteiger partial charge in [0.2, 0.25) is 0 Å². The van der Waals surface area contributed by atoms with Crippen LogP contribution in [-0.4, -0.2) is 27.2 Å². The van der Waals surface area contributed by atoms with Crippen molar-refractivity contribution in [2.45, 2.75) is 6.92 Å². The van der Waals surface area contributed by atoms with Crippen LogP contribution in [0.15, 0.2) is 36.4 Å². The molecule has 22 heavy (non-hydrogen) atoms. The molecule has 0 fully saturated rings. The number of amides is 1. The number of methoxy groups -OCH3 is 3. The number of aryl methyl sites for hydroxylation is 1. The van der Waals surface area contributed by atoms with Crippen molar-refractivity contribution in [3.8, 4) is 17.2 Å². The van der Waals surface area contributed by atoms with Gasteiger partial charge < -0.3 is 19.5 Å². The van der Waals surface area contributed by atoms with E-state index in [1.807, 2.05) is 19.1 Å². The van der Waals surface area contributed by atoms with Crippen LogP contribution in [0.3, 0.4) is 0 Å². The van der Waals surface area contributed by atoms with Crippen LogP contribution in [0, 0.1) is 6.92 Å². The van der Waals surface area contributed by atoms with E-state index in [1.165, 1.54) is 0 Å². The first-order chi connectivity index (χ1) is 10.6. The Balaban J connectivity index is 2.25. The lowest BCUT2D eigenvalue weighted by Gasteiger charge is -2.11. The zero-order valence-corrected chi connectivity index (χ0v) is 13.1. The first-order valence-corrected chi connectivity index (χ1v) is 6.76. The number of rotatable bonds is 5. The van der Waals surface area contributed by atoms with Gasteiger partial charge in [0.1, 0.15) is 17.2 Å². The first-order valence-electron chi connectivity index (χ1n) is 6.76. The van der Waals surface area contributed by atoms with Gasteiger partial charge in [-0.25, -0.2) is 0 Å². The quantitative estimate of drug-likeness (QED) is 0.921. The molecule has 2 aromatic rings. The molecule has 0 unspecified atom stereocenters. The Bertz CT molecular complexity index is 660. The summed E-state index contributed by atoms with van der Waals surface area (Å²) in [5.74, 6) is 1.60. The van der Waals surface area contributed by atoms with E-state index in [1.54, 1.807) is 45.6 Å². The fraction of sp³-hybridized carbons (Fsp3) is 0.235. The van der Waals surface area contributed by atoms with Crippen LogP contribution < -0.4 is 19.5 Å². The molecule has 0 saturated carbocycles. The lowest BCUT2D eigenvalue weighted by molar-refractivity contribution is 0.102. The minimum absolute atomic E-state index is 0.247. The summed E-state index contributed by atoms with van der Waals surface area (Å²) in [7, 11) is 4.68. The highest BCUT2D eigenvalue weighted by Crippen LogP contribution is 2.25. The number of carbonyl (C=O) groups excluding carboxylic acids is 1. The number of nitrogens with one attached hydrogen (secondary N) is 1. The van der Waals surface area contributed by atoms with Crippen molar-refractivity contribution in [2.75, 3.05) is 26.6 Å². The molecule has 0 spiro atoms. The van der Waals surface area contributed by atoms with Gasteiger partial charge in [-0.2, -0.15) is 0 Å². The number of benzene rings is 2. The Morgan fingerprint density at radius 2 is 1.55 bits per heavy atom. The van der Waals surface area contributed by atoms with Crippen LogP contribution in [0.1, 0.15) is 15.9 Å². The predicted octanol–water partition coefficient (Wildman–Crippen LogP) is 3.27. The van der Waals surface area contributed by atoms with Gasteiger partial charge in [0, 0.05) is 23.4 Å². The maximum atomic E-state index is 12.4. The Kier molecular flexibility index (Phi) is 4.88. The SMILES string of the molecule is COc1cc(OC)cc(C(=O)Nc2ccc(C)c(OC)c2)c1. The molecule has 1 amide bonds. The van der Waals surface area contributed by atoms with E-state index in [0.717, 1.165) is 11.3 Å². The highest BCUT2D eigenvalue weighted by Gasteiger charge is 2.11. The van der Waals surface area contributed by atoms with Crippen LogP contribution in [0.2, 0.25) is 0 Å². The summed E-state index contributed by atoms with van der Waals surface area (Å²) in [6, 6.07) is 10.5. The van der Waals surface area contributed by atoms with Crippen molar-refractivity contribution in [1.29, 1.82) is 0 Å². The van der Waals surface area contributed by atoms with Gasteiger partial charge in [0.25, 0.3) is 5.91 Å². The van der Waals surface area contributed by atoms with E-state index in [2.05, 4.69) is 5.32 Å². The molecule has 0 bridgehead atoms. The van der Waals surface area contributed by atoms with Crippen molar-refractivity contribution in [2.24, 2.45) is 0 Å². The van der Waals surface area contributed by atoms with E-state index in [4.69, 9.17) is 14.2 Å². The first kappa shape index (κ1) is 15.7. The van der Waals surface area contributed by atoms with E-state index >= 15 is 0 Å². The monoisotopic (exact) mass is 301 g/mol. The van der Waals surface area contributed by atoms with Crippen LogP contribution >= 0.6 is 0 Å². The van der Waals surface area contributed by atoms with Crippen molar-refractivity contribution >= 4 is 11.6 Å². The second-order valence-corrected chi connectivity index (χ2v) is 4.74. The average Bonchev–Trinajstić information content (AvgIpc) is 2.55. The maximum absolute atomic E-state index is 12.4. The van der Waals surface area contributed by atoms with Crippen LogP contribution in [-0.2, 0) is 0 Å². The fourth-order valence-corrected chi connectivity index (χ4v) is 2.04. The average molecular weight is 301 g/mol. The van der Waals surface area contributed by atoms with Gasteiger partial charge in [0.15, 0.2) is 0 Å². The standard InChI is InChI=1S/C17H19NO4/c1-11-5-6-13(9-16(11)22-4)18-17(19)12-7-14(20-2)10-15(8-12)21-3/h5-10H,1-4H3,(H,18,19). The highest BCUT2D eigenvalue weighted by molar-refractivity contribution is 6.04. The van der Waals surface area contributed by atoms with Crippen LogP contribution in [0.25, 0.3) is 0 Å². The molecule has 0 aromatic heterocycles. The van der Waals surface area contributed by atoms with Gasteiger partial charge in [0.05, 0.1) is 21.3 Å². The molecule has 116 valence electrons. The molecule has 2 rings (SSSR count). The summed E-state index contributed by atoms with van der Waals surface area (Å²) in [6.45, 7) is 1.94. The van der Waals surface area contributed by atoms with Gasteiger partial charge in [-0.3, -0.25) is 4.79 Å². The summed E-state index contributed by atoms with van der Waals surface area (Å²) in [6.07, 6.45) is 0. The molecule has 0 aliphatic rings. The van der Waals surface area contributed by atoms with E-state index in [-0.39, 0.29) is 5.91 Å². The number of hydrogen-bond donors (Lipinski definition) is 1. The topological polar surface area (TPSA) is 56.8 Å². The minimum Gasteiger partial charge on any atom is -0.497 e. The molecule has 0 saturated heterocycles. The molecule has 1 N–H and O–H groups in total. The summed E-state index contributed by atoms with van der Waals surface area (Å²) in [5.41, 5.74) is 2.12. The predicted molar refractivity (Wildman–Crippen MR) is 85.2 cm³/mol. The largest absolute Gasteiger partial charge is 0.497 e. The third-order valence-electron chi connectivity index (χ3n) is 3.28. The molecule has 0 aliphatic carbocycles. The number of ether oxygens (including phenoxy) is 3. The third kappa shape index (κ3) is 3.49. The lowest BCUT2D eigenvalue weighted by atomic mass is 10.1. The zero-order chi connectivity index (χ0) is 16.1. The van der Waals surface area contributed by atoms with E-state index < -0.39 is 0 Å². The van der Waals surface area contributed by atoms with Crippen LogP contribution in [0.4, 0.5) is 5.69 Å². The zero-order valence-electron chi connectivity index (χ0n) is 13.1. The van der Waals surface area contributed by atoms with Crippen molar-refractivity contribution < 1.29 is 19.0 Å². The van der Waals surface area contributed by atoms with Crippen molar-refractivity contribution in [1.82, 2.24) is 0 Å². The minimum atomic E-state index is -0.247. The van der Waals surface area contributed by atoms with E-state index in [9.17, 15) is 4.79 Å².